The molecule has 0 aliphatic rings. The summed E-state index contributed by atoms with van der Waals surface area (Å²) in [5, 5.41) is 10.8. The van der Waals surface area contributed by atoms with E-state index >= 15 is 0 Å². The molecule has 19 heavy (non-hydrogen) atoms. The van der Waals surface area contributed by atoms with Crippen molar-refractivity contribution in [3.05, 3.63) is 62.6 Å². The summed E-state index contributed by atoms with van der Waals surface area (Å²) in [6.07, 6.45) is 0.0934. The van der Waals surface area contributed by atoms with Gasteiger partial charge in [-0.1, -0.05) is 17.7 Å². The van der Waals surface area contributed by atoms with E-state index in [-0.39, 0.29) is 22.8 Å². The Morgan fingerprint density at radius 1 is 1.42 bits per heavy atom. The molecule has 0 fully saturated rings. The lowest BCUT2D eigenvalue weighted by Gasteiger charge is -2.10. The second-order valence-corrected chi connectivity index (χ2v) is 4.35. The van der Waals surface area contributed by atoms with Gasteiger partial charge in [0.15, 0.2) is 0 Å². The Morgan fingerprint density at radius 2 is 2.16 bits per heavy atom. The van der Waals surface area contributed by atoms with Gasteiger partial charge in [-0.15, -0.1) is 0 Å². The molecule has 0 aliphatic heterocycles. The molecule has 0 spiro atoms. The van der Waals surface area contributed by atoms with Crippen LogP contribution in [0.3, 0.4) is 0 Å². The van der Waals surface area contributed by atoms with E-state index in [1.54, 1.807) is 6.07 Å². The van der Waals surface area contributed by atoms with Crippen molar-refractivity contribution in [2.24, 2.45) is 5.73 Å². The summed E-state index contributed by atoms with van der Waals surface area (Å²) in [4.78, 5) is 9.83. The first-order valence-electron chi connectivity index (χ1n) is 5.41. The highest BCUT2D eigenvalue weighted by Gasteiger charge is 2.19. The van der Waals surface area contributed by atoms with Gasteiger partial charge in [0.2, 0.25) is 0 Å². The normalized spacial score (nSPS) is 12.4. The molecule has 1 heterocycles. The van der Waals surface area contributed by atoms with Crippen LogP contribution in [0.1, 0.15) is 17.4 Å². The number of halogens is 2. The lowest BCUT2D eigenvalue weighted by atomic mass is 10.0. The van der Waals surface area contributed by atoms with E-state index < -0.39 is 22.7 Å². The Bertz CT molecular complexity index is 595. The number of nitrogens with two attached hydrogens (primary N) is 1. The fourth-order valence-electron chi connectivity index (χ4n) is 1.69. The number of furan rings is 1. The van der Waals surface area contributed by atoms with Crippen molar-refractivity contribution in [1.29, 1.82) is 0 Å². The van der Waals surface area contributed by atoms with E-state index in [1.807, 2.05) is 0 Å². The van der Waals surface area contributed by atoms with Crippen molar-refractivity contribution in [2.45, 2.75) is 12.5 Å². The van der Waals surface area contributed by atoms with E-state index in [9.17, 15) is 14.5 Å². The third-order valence-corrected chi connectivity index (χ3v) is 3.00. The third kappa shape index (κ3) is 2.91. The second kappa shape index (κ2) is 5.38. The minimum absolute atomic E-state index is 0.0934. The van der Waals surface area contributed by atoms with Gasteiger partial charge in [0.05, 0.1) is 12.1 Å². The maximum absolute atomic E-state index is 13.6. The zero-order chi connectivity index (χ0) is 14.0. The molecule has 5 nitrogen and oxygen atoms in total. The fourth-order valence-corrected chi connectivity index (χ4v) is 1.93. The smallest absolute Gasteiger partial charge is 0.404 e. The molecule has 100 valence electrons. The summed E-state index contributed by atoms with van der Waals surface area (Å²) in [5.74, 6) is -0.653. The molecule has 2 N–H and O–H groups in total. The number of nitro groups is 1. The van der Waals surface area contributed by atoms with E-state index in [1.165, 1.54) is 24.3 Å². The van der Waals surface area contributed by atoms with Gasteiger partial charge in [-0.3, -0.25) is 10.1 Å². The second-order valence-electron chi connectivity index (χ2n) is 3.94. The van der Waals surface area contributed by atoms with Crippen molar-refractivity contribution >= 4 is 17.5 Å². The zero-order valence-corrected chi connectivity index (χ0v) is 10.4. The zero-order valence-electron chi connectivity index (χ0n) is 9.68. The van der Waals surface area contributed by atoms with Crippen LogP contribution in [-0.2, 0) is 6.42 Å². The Balaban J connectivity index is 2.20. The highest BCUT2D eigenvalue weighted by molar-refractivity contribution is 6.31. The van der Waals surface area contributed by atoms with E-state index in [2.05, 4.69) is 0 Å². The summed E-state index contributed by atoms with van der Waals surface area (Å²) < 4.78 is 18.6. The molecule has 2 aromatic rings. The highest BCUT2D eigenvalue weighted by atomic mass is 35.5. The first-order valence-corrected chi connectivity index (χ1v) is 5.79. The molecule has 0 aliphatic carbocycles. The summed E-state index contributed by atoms with van der Waals surface area (Å²) in [5.41, 5.74) is 6.10. The van der Waals surface area contributed by atoms with E-state index in [0.29, 0.717) is 0 Å². The molecule has 0 saturated heterocycles. The predicted octanol–water partition coefficient (Wildman–Crippen LogP) is 3.22. The fraction of sp³-hybridized carbons (Fsp3) is 0.167. The standard InChI is InChI=1S/C12H10ClFN2O3/c13-8-2-1-3-9(14)7(8)6-10(15)11-4-5-12(19-11)16(17)18/h1-5,10H,6,15H2. The lowest BCUT2D eigenvalue weighted by Crippen LogP contribution is -2.13. The van der Waals surface area contributed by atoms with Crippen molar-refractivity contribution < 1.29 is 13.7 Å². The van der Waals surface area contributed by atoms with Crippen molar-refractivity contribution in [2.75, 3.05) is 0 Å². The topological polar surface area (TPSA) is 82.3 Å². The number of nitrogens with zero attached hydrogens (tertiary/aromatic N) is 1. The van der Waals surface area contributed by atoms with Gasteiger partial charge in [-0.2, -0.15) is 0 Å². The first-order chi connectivity index (χ1) is 8.99. The highest BCUT2D eigenvalue weighted by Crippen LogP contribution is 2.27. The van der Waals surface area contributed by atoms with Crippen LogP contribution >= 0.6 is 11.6 Å². The summed E-state index contributed by atoms with van der Waals surface area (Å²) in [7, 11) is 0. The van der Waals surface area contributed by atoms with Gasteiger partial charge in [0.1, 0.15) is 16.5 Å². The minimum atomic E-state index is -0.705. The Morgan fingerprint density at radius 3 is 2.74 bits per heavy atom. The van der Waals surface area contributed by atoms with Gasteiger partial charge in [-0.05, 0) is 24.6 Å². The van der Waals surface area contributed by atoms with Crippen LogP contribution in [0.2, 0.25) is 5.02 Å². The molecule has 1 atom stereocenters. The molecule has 7 heteroatoms. The van der Waals surface area contributed by atoms with Gasteiger partial charge in [0, 0.05) is 10.6 Å². The van der Waals surface area contributed by atoms with Crippen molar-refractivity contribution in [1.82, 2.24) is 0 Å². The van der Waals surface area contributed by atoms with Gasteiger partial charge in [0.25, 0.3) is 0 Å². The number of benzene rings is 1. The number of hydrogen-bond acceptors (Lipinski definition) is 4. The van der Waals surface area contributed by atoms with Crippen LogP contribution in [-0.4, -0.2) is 4.92 Å². The SMILES string of the molecule is NC(Cc1c(F)cccc1Cl)c1ccc([N+](=O)[O-])o1. The van der Waals surface area contributed by atoms with Crippen LogP contribution in [0.15, 0.2) is 34.7 Å². The average molecular weight is 285 g/mol. The molecule has 0 radical (unpaired) electrons. The van der Waals surface area contributed by atoms with Gasteiger partial charge in [-0.25, -0.2) is 4.39 Å². The monoisotopic (exact) mass is 284 g/mol. The molecular weight excluding hydrogens is 275 g/mol. The quantitative estimate of drug-likeness (QED) is 0.690. The summed E-state index contributed by atoms with van der Waals surface area (Å²) in [6.45, 7) is 0. The Kier molecular flexibility index (Phi) is 3.82. The van der Waals surface area contributed by atoms with Crippen LogP contribution in [0.4, 0.5) is 10.3 Å². The molecule has 2 rings (SSSR count). The Hall–Kier alpha value is -1.92. The first kappa shape index (κ1) is 13.5. The molecule has 1 aromatic carbocycles. The van der Waals surface area contributed by atoms with E-state index in [0.717, 1.165) is 0 Å². The van der Waals surface area contributed by atoms with Gasteiger partial charge >= 0.3 is 5.88 Å². The third-order valence-electron chi connectivity index (χ3n) is 2.64. The van der Waals surface area contributed by atoms with Crippen LogP contribution < -0.4 is 5.73 Å². The maximum atomic E-state index is 13.6. The Labute approximate surface area is 112 Å². The predicted molar refractivity (Wildman–Crippen MR) is 67.4 cm³/mol. The van der Waals surface area contributed by atoms with Gasteiger partial charge < -0.3 is 10.2 Å². The van der Waals surface area contributed by atoms with Crippen molar-refractivity contribution in [3.8, 4) is 0 Å². The average Bonchev–Trinajstić information content (AvgIpc) is 2.83. The van der Waals surface area contributed by atoms with Crippen LogP contribution in [0.5, 0.6) is 0 Å². The largest absolute Gasteiger partial charge is 0.433 e. The molecule has 0 amide bonds. The van der Waals surface area contributed by atoms with E-state index in [4.69, 9.17) is 21.8 Å². The number of rotatable bonds is 4. The maximum Gasteiger partial charge on any atom is 0.433 e. The molecule has 0 bridgehead atoms. The minimum Gasteiger partial charge on any atom is -0.404 e. The number of hydrogen-bond donors (Lipinski definition) is 1. The summed E-state index contributed by atoms with van der Waals surface area (Å²) >= 11 is 5.88. The van der Waals surface area contributed by atoms with Crippen LogP contribution in [0, 0.1) is 15.9 Å². The molecule has 0 saturated carbocycles. The molecular formula is C12H10ClFN2O3. The van der Waals surface area contributed by atoms with Crippen LogP contribution in [0.25, 0.3) is 0 Å². The molecule has 1 aromatic heterocycles. The lowest BCUT2D eigenvalue weighted by molar-refractivity contribution is -0.402. The van der Waals surface area contributed by atoms with Crippen molar-refractivity contribution in [3.63, 3.8) is 0 Å². The molecule has 1 unspecified atom stereocenters. The summed E-state index contributed by atoms with van der Waals surface area (Å²) in [6, 6.07) is 6.22.